The number of alkyl halides is 3. The molecule has 5 nitrogen and oxygen atoms in total. The SMILES string of the molecule is CCC(C)N(Cc1cccc(OS(=O)(=O)c2cccc(C(F)(F)F)c2)c1)C(=O)c1ccccc1. The molecule has 0 heterocycles. The first-order valence-corrected chi connectivity index (χ1v) is 12.0. The van der Waals surface area contributed by atoms with Crippen LogP contribution >= 0.6 is 0 Å². The summed E-state index contributed by atoms with van der Waals surface area (Å²) >= 11 is 0. The fourth-order valence-electron chi connectivity index (χ4n) is 3.29. The van der Waals surface area contributed by atoms with E-state index in [1.54, 1.807) is 41.3 Å². The molecule has 0 radical (unpaired) electrons. The van der Waals surface area contributed by atoms with Gasteiger partial charge in [0.25, 0.3) is 5.91 Å². The standard InChI is InChI=1S/C25H24F3NO4S/c1-3-18(2)29(24(30)20-10-5-4-6-11-20)17-19-9-7-13-22(15-19)33-34(31,32)23-14-8-12-21(16-23)25(26,27)28/h4-16,18H,3,17H2,1-2H3. The van der Waals surface area contributed by atoms with Crippen LogP contribution in [0.3, 0.4) is 0 Å². The van der Waals surface area contributed by atoms with E-state index < -0.39 is 26.8 Å². The Morgan fingerprint density at radius 3 is 2.29 bits per heavy atom. The molecular weight excluding hydrogens is 467 g/mol. The number of benzene rings is 3. The van der Waals surface area contributed by atoms with Crippen molar-refractivity contribution in [2.45, 2.75) is 43.9 Å². The van der Waals surface area contributed by atoms with Crippen molar-refractivity contribution < 1.29 is 30.6 Å². The number of hydrogen-bond acceptors (Lipinski definition) is 4. The second-order valence-corrected chi connectivity index (χ2v) is 9.31. The highest BCUT2D eigenvalue weighted by Gasteiger charge is 2.32. The van der Waals surface area contributed by atoms with Crippen LogP contribution in [-0.2, 0) is 22.8 Å². The summed E-state index contributed by atoms with van der Waals surface area (Å²) in [5.41, 5.74) is 0.0539. The average molecular weight is 492 g/mol. The van der Waals surface area contributed by atoms with E-state index in [4.69, 9.17) is 4.18 Å². The molecule has 0 N–H and O–H groups in total. The fraction of sp³-hybridized carbons (Fsp3) is 0.240. The molecule has 3 aromatic carbocycles. The van der Waals surface area contributed by atoms with Gasteiger partial charge in [0.15, 0.2) is 0 Å². The molecule has 3 rings (SSSR count). The quantitative estimate of drug-likeness (QED) is 0.367. The summed E-state index contributed by atoms with van der Waals surface area (Å²) in [6.45, 7) is 4.07. The number of nitrogens with zero attached hydrogens (tertiary/aromatic N) is 1. The van der Waals surface area contributed by atoms with Crippen LogP contribution in [0, 0.1) is 0 Å². The number of amides is 1. The molecule has 0 spiro atoms. The van der Waals surface area contributed by atoms with Crippen molar-refractivity contribution in [1.29, 1.82) is 0 Å². The van der Waals surface area contributed by atoms with Crippen LogP contribution in [0.15, 0.2) is 83.8 Å². The van der Waals surface area contributed by atoms with E-state index in [1.165, 1.54) is 12.1 Å². The molecule has 0 bridgehead atoms. The van der Waals surface area contributed by atoms with Gasteiger partial charge in [-0.3, -0.25) is 4.79 Å². The lowest BCUT2D eigenvalue weighted by molar-refractivity contribution is -0.137. The molecule has 1 amide bonds. The van der Waals surface area contributed by atoms with E-state index in [0.717, 1.165) is 18.2 Å². The Kier molecular flexibility index (Phi) is 7.66. The summed E-state index contributed by atoms with van der Waals surface area (Å²) in [6.07, 6.45) is -3.98. The summed E-state index contributed by atoms with van der Waals surface area (Å²) in [5, 5.41) is 0. The Morgan fingerprint density at radius 1 is 0.971 bits per heavy atom. The van der Waals surface area contributed by atoms with Gasteiger partial charge in [-0.05, 0) is 61.4 Å². The predicted octanol–water partition coefficient (Wildman–Crippen LogP) is 5.91. The average Bonchev–Trinajstić information content (AvgIpc) is 2.81. The zero-order valence-electron chi connectivity index (χ0n) is 18.6. The minimum atomic E-state index is -4.68. The van der Waals surface area contributed by atoms with Crippen molar-refractivity contribution in [3.63, 3.8) is 0 Å². The second kappa shape index (κ2) is 10.3. The molecule has 0 aliphatic rings. The summed E-state index contributed by atoms with van der Waals surface area (Å²) in [6, 6.07) is 18.2. The van der Waals surface area contributed by atoms with Crippen molar-refractivity contribution >= 4 is 16.0 Å². The van der Waals surface area contributed by atoms with Gasteiger partial charge in [-0.1, -0.05) is 43.3 Å². The lowest BCUT2D eigenvalue weighted by Crippen LogP contribution is -2.37. The van der Waals surface area contributed by atoms with E-state index >= 15 is 0 Å². The maximum Gasteiger partial charge on any atom is 0.416 e. The summed E-state index contributed by atoms with van der Waals surface area (Å²) < 4.78 is 69.2. The summed E-state index contributed by atoms with van der Waals surface area (Å²) in [4.78, 5) is 14.1. The van der Waals surface area contributed by atoms with Crippen molar-refractivity contribution in [1.82, 2.24) is 4.90 Å². The topological polar surface area (TPSA) is 63.7 Å². The fourth-order valence-corrected chi connectivity index (χ4v) is 4.26. The number of carbonyl (C=O) groups is 1. The minimum absolute atomic E-state index is 0.0637. The van der Waals surface area contributed by atoms with Gasteiger partial charge in [-0.15, -0.1) is 0 Å². The van der Waals surface area contributed by atoms with Crippen molar-refractivity contribution in [3.05, 3.63) is 95.6 Å². The summed E-state index contributed by atoms with van der Waals surface area (Å²) in [5.74, 6) is -0.232. The Morgan fingerprint density at radius 2 is 1.65 bits per heavy atom. The van der Waals surface area contributed by atoms with Crippen LogP contribution in [-0.4, -0.2) is 25.3 Å². The van der Waals surface area contributed by atoms with E-state index in [9.17, 15) is 26.4 Å². The van der Waals surface area contributed by atoms with Crippen LogP contribution in [0.5, 0.6) is 5.75 Å². The van der Waals surface area contributed by atoms with Crippen LogP contribution in [0.2, 0.25) is 0 Å². The Balaban J connectivity index is 1.84. The maximum atomic E-state index is 13.1. The Bertz CT molecular complexity index is 1240. The highest BCUT2D eigenvalue weighted by Crippen LogP contribution is 2.31. The Labute approximate surface area is 196 Å². The number of halogens is 3. The first-order chi connectivity index (χ1) is 16.0. The molecule has 34 heavy (non-hydrogen) atoms. The number of hydrogen-bond donors (Lipinski definition) is 0. The lowest BCUT2D eigenvalue weighted by Gasteiger charge is -2.29. The third-order valence-corrected chi connectivity index (χ3v) is 6.55. The van der Waals surface area contributed by atoms with Crippen LogP contribution in [0.25, 0.3) is 0 Å². The second-order valence-electron chi connectivity index (χ2n) is 7.77. The van der Waals surface area contributed by atoms with Gasteiger partial charge >= 0.3 is 16.3 Å². The third kappa shape index (κ3) is 6.17. The molecule has 3 aromatic rings. The molecular formula is C25H24F3NO4S. The van der Waals surface area contributed by atoms with Crippen LogP contribution in [0.1, 0.15) is 41.8 Å². The normalized spacial score (nSPS) is 12.7. The van der Waals surface area contributed by atoms with E-state index in [2.05, 4.69) is 0 Å². The van der Waals surface area contributed by atoms with Crippen LogP contribution in [0.4, 0.5) is 13.2 Å². The zero-order chi connectivity index (χ0) is 24.9. The van der Waals surface area contributed by atoms with Gasteiger partial charge in [0.2, 0.25) is 0 Å². The predicted molar refractivity (Wildman–Crippen MR) is 122 cm³/mol. The van der Waals surface area contributed by atoms with Crippen LogP contribution < -0.4 is 4.18 Å². The maximum absolute atomic E-state index is 13.1. The zero-order valence-corrected chi connectivity index (χ0v) is 19.4. The molecule has 0 aliphatic heterocycles. The number of carbonyl (C=O) groups excluding carboxylic acids is 1. The molecule has 0 aliphatic carbocycles. The highest BCUT2D eigenvalue weighted by atomic mass is 32.2. The van der Waals surface area contributed by atoms with Gasteiger partial charge < -0.3 is 9.08 Å². The summed E-state index contributed by atoms with van der Waals surface area (Å²) in [7, 11) is -4.50. The smallest absolute Gasteiger partial charge is 0.379 e. The van der Waals surface area contributed by atoms with E-state index in [-0.39, 0.29) is 24.2 Å². The van der Waals surface area contributed by atoms with Crippen molar-refractivity contribution in [2.24, 2.45) is 0 Å². The lowest BCUT2D eigenvalue weighted by atomic mass is 10.1. The largest absolute Gasteiger partial charge is 0.416 e. The molecule has 0 saturated heterocycles. The molecule has 1 atom stereocenters. The monoisotopic (exact) mass is 491 g/mol. The molecule has 0 fully saturated rings. The van der Waals surface area contributed by atoms with E-state index in [1.807, 2.05) is 19.9 Å². The molecule has 180 valence electrons. The van der Waals surface area contributed by atoms with Gasteiger partial charge in [0, 0.05) is 18.2 Å². The first kappa shape index (κ1) is 25.3. The van der Waals surface area contributed by atoms with Gasteiger partial charge in [0.05, 0.1) is 5.56 Å². The van der Waals surface area contributed by atoms with Crippen molar-refractivity contribution in [3.8, 4) is 5.75 Å². The van der Waals surface area contributed by atoms with Gasteiger partial charge in [0.1, 0.15) is 10.6 Å². The first-order valence-electron chi connectivity index (χ1n) is 10.6. The molecule has 1 unspecified atom stereocenters. The Hall–Kier alpha value is -3.33. The van der Waals surface area contributed by atoms with Crippen molar-refractivity contribution in [2.75, 3.05) is 0 Å². The van der Waals surface area contributed by atoms with Gasteiger partial charge in [-0.2, -0.15) is 21.6 Å². The molecule has 0 aromatic heterocycles. The third-order valence-electron chi connectivity index (χ3n) is 5.31. The molecule has 9 heteroatoms. The van der Waals surface area contributed by atoms with Gasteiger partial charge in [-0.25, -0.2) is 0 Å². The highest BCUT2D eigenvalue weighted by molar-refractivity contribution is 7.87. The number of rotatable bonds is 8. The van der Waals surface area contributed by atoms with E-state index in [0.29, 0.717) is 23.6 Å². The minimum Gasteiger partial charge on any atom is -0.379 e. The molecule has 0 saturated carbocycles.